The van der Waals surface area contributed by atoms with Gasteiger partial charge in [0.25, 0.3) is 5.91 Å². The number of carbonyl (C=O) groups is 2. The molecule has 224 valence electrons. The summed E-state index contributed by atoms with van der Waals surface area (Å²) in [4.78, 5) is 25.3. The van der Waals surface area contributed by atoms with Gasteiger partial charge in [0.05, 0.1) is 37.8 Å². The highest BCUT2D eigenvalue weighted by atomic mass is 16.7. The van der Waals surface area contributed by atoms with Crippen LogP contribution in [0.4, 0.5) is 11.4 Å². The average molecular weight is 570 g/mol. The van der Waals surface area contributed by atoms with E-state index in [2.05, 4.69) is 10.6 Å². The fraction of sp³-hybridized carbons (Fsp3) is 0.484. The summed E-state index contributed by atoms with van der Waals surface area (Å²) >= 11 is 0. The molecule has 5 N–H and O–H groups in total. The molecule has 1 aliphatic heterocycles. The highest BCUT2D eigenvalue weighted by Gasteiger charge is 2.37. The summed E-state index contributed by atoms with van der Waals surface area (Å²) < 4.78 is 23.0. The van der Waals surface area contributed by atoms with E-state index in [-0.39, 0.29) is 42.6 Å². The van der Waals surface area contributed by atoms with Crippen LogP contribution >= 0.6 is 0 Å². The third-order valence-electron chi connectivity index (χ3n) is 6.68. The Morgan fingerprint density at radius 1 is 0.976 bits per heavy atom. The van der Waals surface area contributed by atoms with Crippen molar-refractivity contribution in [3.63, 3.8) is 0 Å². The minimum Gasteiger partial charge on any atom is -0.459 e. The Morgan fingerprint density at radius 2 is 1.71 bits per heavy atom. The van der Waals surface area contributed by atoms with Crippen LogP contribution in [0.5, 0.6) is 0 Å². The molecule has 2 aromatic rings. The summed E-state index contributed by atoms with van der Waals surface area (Å²) in [5.74, 6) is -0.377. The largest absolute Gasteiger partial charge is 0.459 e. The normalized spacial score (nSPS) is 18.3. The van der Waals surface area contributed by atoms with E-state index < -0.39 is 6.29 Å². The number of benzene rings is 2. The number of ether oxygens (including phenoxy) is 4. The molecular weight excluding hydrogens is 526 g/mol. The van der Waals surface area contributed by atoms with Gasteiger partial charge in [-0.15, -0.1) is 0 Å². The van der Waals surface area contributed by atoms with E-state index in [1.807, 2.05) is 55.5 Å². The first-order valence-corrected chi connectivity index (χ1v) is 14.3. The predicted octanol–water partition coefficient (Wildman–Crippen LogP) is 3.59. The number of amides is 2. The molecule has 0 radical (unpaired) electrons. The van der Waals surface area contributed by atoms with Gasteiger partial charge in [-0.2, -0.15) is 0 Å². The summed E-state index contributed by atoms with van der Waals surface area (Å²) in [5.41, 5.74) is 8.06. The quantitative estimate of drug-likeness (QED) is 0.158. The molecule has 10 heteroatoms. The van der Waals surface area contributed by atoms with E-state index in [0.717, 1.165) is 5.56 Å². The fourth-order valence-corrected chi connectivity index (χ4v) is 4.62. The molecule has 1 aliphatic rings. The van der Waals surface area contributed by atoms with Crippen LogP contribution < -0.4 is 16.4 Å². The van der Waals surface area contributed by atoms with Gasteiger partial charge in [-0.1, -0.05) is 42.5 Å². The lowest BCUT2D eigenvalue weighted by atomic mass is 9.81. The Morgan fingerprint density at radius 3 is 2.44 bits per heavy atom. The number of hydrogen-bond acceptors (Lipinski definition) is 8. The number of para-hydroxylation sites is 2. The highest BCUT2D eigenvalue weighted by Crippen LogP contribution is 2.38. The van der Waals surface area contributed by atoms with Crippen LogP contribution in [0.1, 0.15) is 44.1 Å². The molecule has 10 nitrogen and oxygen atoms in total. The zero-order valence-electron chi connectivity index (χ0n) is 23.8. The maximum atomic E-state index is 13.1. The van der Waals surface area contributed by atoms with Gasteiger partial charge in [-0.25, -0.2) is 0 Å². The van der Waals surface area contributed by atoms with E-state index >= 15 is 0 Å². The topological polar surface area (TPSA) is 141 Å². The van der Waals surface area contributed by atoms with Gasteiger partial charge >= 0.3 is 0 Å². The standard InChI is InChI=1S/C31H43N3O7/c1-2-40-31-24(15-18-38-20-21-39-19-17-35)25(23-10-4-3-5-11-23)22-28(41-31)30(37)33-16-9-8-14-29(36)34-27-13-7-6-12-26(27)32/h3-7,10-13,22,24-25,31,35H,2,8-9,14-21,32H2,1H3,(H,33,37)(H,34,36). The zero-order chi connectivity index (χ0) is 29.3. The van der Waals surface area contributed by atoms with Crippen LogP contribution in [-0.4, -0.2) is 69.4 Å². The number of aliphatic hydroxyl groups excluding tert-OH is 1. The Hall–Kier alpha value is -3.44. The van der Waals surface area contributed by atoms with Crippen LogP contribution in [0.15, 0.2) is 66.4 Å². The Bertz CT molecular complexity index is 1100. The number of anilines is 2. The van der Waals surface area contributed by atoms with E-state index in [0.29, 0.717) is 70.0 Å². The SMILES string of the molecule is CCOC1OC(C(=O)NCCCCC(=O)Nc2ccccc2N)=CC(c2ccccc2)C1CCOCCOCCO. The zero-order valence-corrected chi connectivity index (χ0v) is 23.8. The lowest BCUT2D eigenvalue weighted by molar-refractivity contribution is -0.168. The first-order valence-electron chi connectivity index (χ1n) is 14.3. The van der Waals surface area contributed by atoms with E-state index in [1.165, 1.54) is 0 Å². The Labute approximate surface area is 242 Å². The number of nitrogens with one attached hydrogen (secondary N) is 2. The van der Waals surface area contributed by atoms with Crippen molar-refractivity contribution >= 4 is 23.2 Å². The number of allylic oxidation sites excluding steroid dienone is 1. The Balaban J connectivity index is 1.54. The number of rotatable bonds is 18. The number of unbranched alkanes of at least 4 members (excludes halogenated alkanes) is 1. The van der Waals surface area contributed by atoms with Gasteiger partial charge in [-0.05, 0) is 50.0 Å². The third kappa shape index (κ3) is 10.8. The van der Waals surface area contributed by atoms with Crippen molar-refractivity contribution in [1.29, 1.82) is 0 Å². The van der Waals surface area contributed by atoms with E-state index in [4.69, 9.17) is 29.8 Å². The minimum atomic E-state index is -0.612. The second-order valence-electron chi connectivity index (χ2n) is 9.66. The predicted molar refractivity (Wildman–Crippen MR) is 157 cm³/mol. The maximum Gasteiger partial charge on any atom is 0.286 e. The van der Waals surface area contributed by atoms with Crippen molar-refractivity contribution in [2.45, 2.75) is 44.8 Å². The van der Waals surface area contributed by atoms with Crippen LogP contribution in [0.3, 0.4) is 0 Å². The second kappa shape index (κ2) is 18.1. The van der Waals surface area contributed by atoms with Crippen molar-refractivity contribution in [3.05, 3.63) is 72.0 Å². The lowest BCUT2D eigenvalue weighted by Gasteiger charge is -2.37. The second-order valence-corrected chi connectivity index (χ2v) is 9.66. The number of carbonyl (C=O) groups excluding carboxylic acids is 2. The molecule has 0 saturated heterocycles. The lowest BCUT2D eigenvalue weighted by Crippen LogP contribution is -2.39. The van der Waals surface area contributed by atoms with Gasteiger partial charge in [0.15, 0.2) is 5.76 Å². The molecule has 2 amide bonds. The van der Waals surface area contributed by atoms with Crippen molar-refractivity contribution < 1.29 is 33.6 Å². The summed E-state index contributed by atoms with van der Waals surface area (Å²) in [6, 6.07) is 17.1. The third-order valence-corrected chi connectivity index (χ3v) is 6.68. The van der Waals surface area contributed by atoms with Gasteiger partial charge in [-0.3, -0.25) is 9.59 Å². The minimum absolute atomic E-state index is 0.0156. The molecule has 3 atom stereocenters. The van der Waals surface area contributed by atoms with Gasteiger partial charge in [0.1, 0.15) is 0 Å². The van der Waals surface area contributed by atoms with Gasteiger partial charge in [0.2, 0.25) is 12.2 Å². The average Bonchev–Trinajstić information content (AvgIpc) is 2.98. The molecular formula is C31H43N3O7. The number of hydrogen-bond donors (Lipinski definition) is 4. The summed E-state index contributed by atoms with van der Waals surface area (Å²) in [6.07, 6.45) is 3.48. The van der Waals surface area contributed by atoms with E-state index in [9.17, 15) is 9.59 Å². The highest BCUT2D eigenvalue weighted by molar-refractivity contribution is 5.93. The summed E-state index contributed by atoms with van der Waals surface area (Å²) in [6.45, 7) is 4.32. The molecule has 41 heavy (non-hydrogen) atoms. The van der Waals surface area contributed by atoms with Crippen LogP contribution in [0.2, 0.25) is 0 Å². The van der Waals surface area contributed by atoms with Crippen molar-refractivity contribution in [3.8, 4) is 0 Å². The van der Waals surface area contributed by atoms with Crippen molar-refractivity contribution in [2.75, 3.05) is 57.2 Å². The molecule has 0 fully saturated rings. The Kier molecular flexibility index (Phi) is 14.2. The molecule has 0 aromatic heterocycles. The van der Waals surface area contributed by atoms with Crippen molar-refractivity contribution in [1.82, 2.24) is 5.32 Å². The molecule has 0 bridgehead atoms. The molecule has 2 aromatic carbocycles. The fourth-order valence-electron chi connectivity index (χ4n) is 4.62. The molecule has 0 spiro atoms. The number of aliphatic hydroxyl groups is 1. The first kappa shape index (κ1) is 32.1. The van der Waals surface area contributed by atoms with Gasteiger partial charge in [0, 0.05) is 38.0 Å². The van der Waals surface area contributed by atoms with E-state index in [1.54, 1.807) is 12.1 Å². The van der Waals surface area contributed by atoms with Crippen LogP contribution in [-0.2, 0) is 28.5 Å². The smallest absolute Gasteiger partial charge is 0.286 e. The maximum absolute atomic E-state index is 13.1. The molecule has 1 heterocycles. The first-order chi connectivity index (χ1) is 20.0. The molecule has 0 aliphatic carbocycles. The summed E-state index contributed by atoms with van der Waals surface area (Å²) in [7, 11) is 0. The molecule has 3 rings (SSSR count). The summed E-state index contributed by atoms with van der Waals surface area (Å²) in [5, 5.41) is 14.5. The van der Waals surface area contributed by atoms with Gasteiger partial charge < -0.3 is 40.4 Å². The molecule has 3 unspecified atom stereocenters. The van der Waals surface area contributed by atoms with Crippen molar-refractivity contribution in [2.24, 2.45) is 5.92 Å². The monoisotopic (exact) mass is 569 g/mol. The number of nitrogens with two attached hydrogens (primary N) is 1. The van der Waals surface area contributed by atoms with Crippen LogP contribution in [0, 0.1) is 5.92 Å². The number of nitrogen functional groups attached to an aromatic ring is 1. The van der Waals surface area contributed by atoms with Crippen LogP contribution in [0.25, 0.3) is 0 Å². The molecule has 0 saturated carbocycles.